The van der Waals surface area contributed by atoms with Crippen LogP contribution in [0.4, 0.5) is 13.2 Å². The van der Waals surface area contributed by atoms with Crippen molar-refractivity contribution in [1.29, 1.82) is 0 Å². The minimum atomic E-state index is -4.92. The molecule has 0 aromatic heterocycles. The Kier molecular flexibility index (Phi) is 2.25. The maximum Gasteiger partial charge on any atom is 0.419 e. The lowest BCUT2D eigenvalue weighted by atomic mass is 9.94. The number of carboxylic acid groups (broad SMARTS) is 1. The van der Waals surface area contributed by atoms with E-state index in [0.717, 1.165) is 0 Å². The van der Waals surface area contributed by atoms with Crippen molar-refractivity contribution in [2.75, 3.05) is 6.54 Å². The van der Waals surface area contributed by atoms with Crippen LogP contribution in [0.15, 0.2) is 0 Å². The first kappa shape index (κ1) is 10.3. The number of aliphatic hydroxyl groups is 1. The summed E-state index contributed by atoms with van der Waals surface area (Å²) in [6, 6.07) is -1.97. The fourth-order valence-corrected chi connectivity index (χ4v) is 1.32. The molecule has 0 saturated carbocycles. The third-order valence-electron chi connectivity index (χ3n) is 2.07. The quantitative estimate of drug-likeness (QED) is 0.543. The number of carboxylic acids is 1. The van der Waals surface area contributed by atoms with Gasteiger partial charge in [-0.1, -0.05) is 0 Å². The van der Waals surface area contributed by atoms with Crippen LogP contribution in [0.1, 0.15) is 6.42 Å². The van der Waals surface area contributed by atoms with E-state index in [1.165, 1.54) is 0 Å². The summed E-state index contributed by atoms with van der Waals surface area (Å²) in [5.74, 6) is -1.70. The van der Waals surface area contributed by atoms with Crippen molar-refractivity contribution < 1.29 is 28.2 Å². The van der Waals surface area contributed by atoms with Gasteiger partial charge in [-0.3, -0.25) is 4.79 Å². The highest BCUT2D eigenvalue weighted by molar-refractivity contribution is 5.76. The van der Waals surface area contributed by atoms with Crippen LogP contribution in [-0.2, 0) is 4.79 Å². The van der Waals surface area contributed by atoms with Crippen molar-refractivity contribution in [3.8, 4) is 0 Å². The SMILES string of the molecule is O=C(O)[C@H]1NCC[C@@]1(O)C(F)(F)F. The fourth-order valence-electron chi connectivity index (χ4n) is 1.32. The number of carbonyl (C=O) groups is 1. The van der Waals surface area contributed by atoms with Crippen molar-refractivity contribution in [3.63, 3.8) is 0 Å². The number of aliphatic carboxylic acids is 1. The second-order valence-electron chi connectivity index (χ2n) is 2.90. The van der Waals surface area contributed by atoms with E-state index in [4.69, 9.17) is 10.2 Å². The van der Waals surface area contributed by atoms with Gasteiger partial charge in [0.05, 0.1) is 0 Å². The molecule has 0 aromatic rings. The second kappa shape index (κ2) is 2.85. The Morgan fingerprint density at radius 3 is 2.38 bits per heavy atom. The molecular formula is C6H8F3NO3. The molecule has 13 heavy (non-hydrogen) atoms. The zero-order valence-corrected chi connectivity index (χ0v) is 6.43. The van der Waals surface area contributed by atoms with Gasteiger partial charge >= 0.3 is 12.1 Å². The summed E-state index contributed by atoms with van der Waals surface area (Å²) in [5.41, 5.74) is -3.14. The Balaban J connectivity index is 2.95. The third kappa shape index (κ3) is 1.49. The van der Waals surface area contributed by atoms with Gasteiger partial charge in [-0.25, -0.2) is 0 Å². The molecule has 0 amide bonds. The predicted octanol–water partition coefficient (Wildman–Crippen LogP) is -0.274. The Morgan fingerprint density at radius 1 is 1.54 bits per heavy atom. The number of hydrogen-bond acceptors (Lipinski definition) is 3. The standard InChI is InChI=1S/C6H8F3NO3/c7-6(8,9)5(13)1-2-10-3(5)4(11)12/h3,10,13H,1-2H2,(H,11,12)/t3-,5+/m1/s1. The van der Waals surface area contributed by atoms with E-state index in [1.807, 2.05) is 0 Å². The summed E-state index contributed by atoms with van der Waals surface area (Å²) < 4.78 is 36.6. The molecule has 2 atom stereocenters. The van der Waals surface area contributed by atoms with Gasteiger partial charge in [-0.05, 0) is 13.0 Å². The number of nitrogens with one attached hydrogen (secondary N) is 1. The van der Waals surface area contributed by atoms with E-state index in [1.54, 1.807) is 0 Å². The number of hydrogen-bond donors (Lipinski definition) is 3. The summed E-state index contributed by atoms with van der Waals surface area (Å²) in [4.78, 5) is 10.3. The first-order valence-corrected chi connectivity index (χ1v) is 3.54. The molecule has 1 rings (SSSR count). The van der Waals surface area contributed by atoms with Crippen LogP contribution in [0.2, 0.25) is 0 Å². The van der Waals surface area contributed by atoms with E-state index >= 15 is 0 Å². The topological polar surface area (TPSA) is 69.6 Å². The fraction of sp³-hybridized carbons (Fsp3) is 0.833. The van der Waals surface area contributed by atoms with Crippen molar-refractivity contribution >= 4 is 5.97 Å². The van der Waals surface area contributed by atoms with Crippen LogP contribution in [0.25, 0.3) is 0 Å². The monoisotopic (exact) mass is 199 g/mol. The average Bonchev–Trinajstić information content (AvgIpc) is 2.30. The molecule has 3 N–H and O–H groups in total. The van der Waals surface area contributed by atoms with Crippen LogP contribution in [0.3, 0.4) is 0 Å². The number of halogens is 3. The van der Waals surface area contributed by atoms with Gasteiger partial charge in [-0.2, -0.15) is 13.2 Å². The molecule has 1 fully saturated rings. The van der Waals surface area contributed by atoms with Gasteiger partial charge in [0.25, 0.3) is 0 Å². The molecular weight excluding hydrogens is 191 g/mol. The highest BCUT2D eigenvalue weighted by Crippen LogP contribution is 2.38. The van der Waals surface area contributed by atoms with Crippen molar-refractivity contribution in [3.05, 3.63) is 0 Å². The summed E-state index contributed by atoms with van der Waals surface area (Å²) in [7, 11) is 0. The lowest BCUT2D eigenvalue weighted by molar-refractivity contribution is -0.262. The van der Waals surface area contributed by atoms with Gasteiger partial charge in [0.2, 0.25) is 0 Å². The number of rotatable bonds is 1. The molecule has 0 aromatic carbocycles. The highest BCUT2D eigenvalue weighted by Gasteiger charge is 2.63. The van der Waals surface area contributed by atoms with Crippen molar-refractivity contribution in [2.24, 2.45) is 0 Å². The molecule has 1 heterocycles. The summed E-state index contributed by atoms with van der Waals surface area (Å²) in [5, 5.41) is 19.6. The maximum atomic E-state index is 12.2. The lowest BCUT2D eigenvalue weighted by Crippen LogP contribution is -2.57. The Bertz CT molecular complexity index is 230. The molecule has 1 saturated heterocycles. The predicted molar refractivity (Wildman–Crippen MR) is 35.0 cm³/mol. The first-order chi connectivity index (χ1) is 5.79. The van der Waals surface area contributed by atoms with E-state index in [9.17, 15) is 18.0 Å². The molecule has 0 aliphatic carbocycles. The normalized spacial score (nSPS) is 34.9. The summed E-state index contributed by atoms with van der Waals surface area (Å²) in [6.45, 7) is -0.160. The second-order valence-corrected chi connectivity index (χ2v) is 2.90. The van der Waals surface area contributed by atoms with Crippen LogP contribution in [-0.4, -0.2) is 40.5 Å². The van der Waals surface area contributed by atoms with Gasteiger partial charge < -0.3 is 15.5 Å². The minimum Gasteiger partial charge on any atom is -0.480 e. The molecule has 0 spiro atoms. The van der Waals surface area contributed by atoms with E-state index in [-0.39, 0.29) is 6.54 Å². The van der Waals surface area contributed by atoms with Gasteiger partial charge in [0.1, 0.15) is 6.04 Å². The van der Waals surface area contributed by atoms with Gasteiger partial charge in [-0.15, -0.1) is 0 Å². The molecule has 1 aliphatic heterocycles. The zero-order chi connectivity index (χ0) is 10.3. The molecule has 0 unspecified atom stereocenters. The summed E-state index contributed by atoms with van der Waals surface area (Å²) in [6.07, 6.45) is -5.55. The molecule has 4 nitrogen and oxygen atoms in total. The van der Waals surface area contributed by atoms with Crippen LogP contribution in [0, 0.1) is 0 Å². The Hall–Kier alpha value is -0.820. The molecule has 7 heteroatoms. The molecule has 1 aliphatic rings. The smallest absolute Gasteiger partial charge is 0.419 e. The number of alkyl halides is 3. The summed E-state index contributed by atoms with van der Waals surface area (Å²) >= 11 is 0. The maximum absolute atomic E-state index is 12.2. The van der Waals surface area contributed by atoms with Gasteiger partial charge in [0, 0.05) is 0 Å². The first-order valence-electron chi connectivity index (χ1n) is 3.54. The molecule has 0 bridgehead atoms. The average molecular weight is 199 g/mol. The van der Waals surface area contributed by atoms with Gasteiger partial charge in [0.15, 0.2) is 5.60 Å². The molecule has 0 radical (unpaired) electrons. The zero-order valence-electron chi connectivity index (χ0n) is 6.43. The lowest BCUT2D eigenvalue weighted by Gasteiger charge is -2.28. The minimum absolute atomic E-state index is 0.160. The van der Waals surface area contributed by atoms with Crippen LogP contribution in [0.5, 0.6) is 0 Å². The molecule has 76 valence electrons. The van der Waals surface area contributed by atoms with Crippen molar-refractivity contribution in [1.82, 2.24) is 5.32 Å². The van der Waals surface area contributed by atoms with E-state index in [0.29, 0.717) is 0 Å². The highest BCUT2D eigenvalue weighted by atomic mass is 19.4. The van der Waals surface area contributed by atoms with Crippen LogP contribution >= 0.6 is 0 Å². The van der Waals surface area contributed by atoms with Crippen LogP contribution < -0.4 is 5.32 Å². The van der Waals surface area contributed by atoms with E-state index in [2.05, 4.69) is 5.32 Å². The van der Waals surface area contributed by atoms with Crippen molar-refractivity contribution in [2.45, 2.75) is 24.2 Å². The largest absolute Gasteiger partial charge is 0.480 e. The Labute approximate surface area is 71.4 Å². The Morgan fingerprint density at radius 2 is 2.08 bits per heavy atom. The third-order valence-corrected chi connectivity index (χ3v) is 2.07. The van der Waals surface area contributed by atoms with E-state index < -0.39 is 30.2 Å².